The van der Waals surface area contributed by atoms with Gasteiger partial charge in [0.15, 0.2) is 21.2 Å². The molecule has 0 radical (unpaired) electrons. The Kier molecular flexibility index (Phi) is 7.36. The van der Waals surface area contributed by atoms with Crippen LogP contribution in [0.1, 0.15) is 30.5 Å². The molecule has 6 N–H and O–H groups in total. The van der Waals surface area contributed by atoms with E-state index < -0.39 is 79.4 Å². The van der Waals surface area contributed by atoms with Crippen molar-refractivity contribution in [3.63, 3.8) is 0 Å². The first-order chi connectivity index (χ1) is 16.5. The van der Waals surface area contributed by atoms with Crippen molar-refractivity contribution < 1.29 is 43.2 Å². The molecule has 1 amide bonds. The van der Waals surface area contributed by atoms with Gasteiger partial charge in [-0.1, -0.05) is 7.43 Å². The van der Waals surface area contributed by atoms with Gasteiger partial charge in [0.25, 0.3) is 5.91 Å². The Morgan fingerprint density at radius 3 is 2.35 bits per heavy atom. The van der Waals surface area contributed by atoms with E-state index in [1.54, 1.807) is 0 Å². The van der Waals surface area contributed by atoms with Crippen LogP contribution in [0.3, 0.4) is 0 Å². The standard InChI is InChI=1S/C23H25IN2O9S.CH4/c1-26(2)16-11-5-8-4-10-12(24)6-9(7-36(3,34)35)17(27)14(10)18(28)13(8)20(30)23(11,33)21(31)15(19(16)29)22(25)32;/h6,8,11,16,27-28,31,33H,4-5,7H2,1-3H3,(H2,25,32);1H4/t8-,11-,16-,23-;/m0./s1. The third-order valence-electron chi connectivity index (χ3n) is 7.16. The van der Waals surface area contributed by atoms with E-state index in [-0.39, 0.29) is 37.0 Å². The number of aliphatic hydroxyl groups is 3. The van der Waals surface area contributed by atoms with Gasteiger partial charge in [-0.15, -0.1) is 0 Å². The molecule has 4 rings (SSSR count). The Hall–Kier alpha value is -2.49. The number of ketones is 2. The van der Waals surface area contributed by atoms with Crippen molar-refractivity contribution in [1.82, 2.24) is 4.90 Å². The Labute approximate surface area is 227 Å². The van der Waals surface area contributed by atoms with Crippen LogP contribution in [-0.2, 0) is 36.4 Å². The largest absolute Gasteiger partial charge is 0.508 e. The van der Waals surface area contributed by atoms with Crippen molar-refractivity contribution in [2.75, 3.05) is 20.4 Å². The van der Waals surface area contributed by atoms with Crippen molar-refractivity contribution in [3.05, 3.63) is 43.2 Å². The number of benzene rings is 1. The second-order valence-corrected chi connectivity index (χ2v) is 13.1. The van der Waals surface area contributed by atoms with Gasteiger partial charge in [-0.25, -0.2) is 8.42 Å². The molecule has 0 heterocycles. The summed E-state index contributed by atoms with van der Waals surface area (Å²) in [5.41, 5.74) is 1.79. The molecule has 1 saturated carbocycles. The third kappa shape index (κ3) is 4.25. The molecule has 0 spiro atoms. The molecule has 11 nitrogen and oxygen atoms in total. The fraction of sp³-hybridized carbons (Fsp3) is 0.458. The molecular formula is C24H29IN2O9S. The average Bonchev–Trinajstić information content (AvgIpc) is 2.72. The van der Waals surface area contributed by atoms with Gasteiger partial charge >= 0.3 is 0 Å². The van der Waals surface area contributed by atoms with Crippen molar-refractivity contribution in [2.24, 2.45) is 17.6 Å². The number of amides is 1. The number of rotatable bonds is 4. The fourth-order valence-corrected chi connectivity index (χ4v) is 7.36. The maximum Gasteiger partial charge on any atom is 0.255 e. The molecule has 0 bridgehead atoms. The van der Waals surface area contributed by atoms with Crippen LogP contribution in [0.5, 0.6) is 5.75 Å². The summed E-state index contributed by atoms with van der Waals surface area (Å²) < 4.78 is 24.3. The van der Waals surface area contributed by atoms with Crippen LogP contribution in [0.2, 0.25) is 0 Å². The molecule has 3 aliphatic carbocycles. The van der Waals surface area contributed by atoms with Crippen molar-refractivity contribution in [3.8, 4) is 5.75 Å². The zero-order valence-corrected chi connectivity index (χ0v) is 22.5. The molecule has 37 heavy (non-hydrogen) atoms. The highest BCUT2D eigenvalue weighted by atomic mass is 127. The van der Waals surface area contributed by atoms with E-state index in [9.17, 15) is 43.2 Å². The van der Waals surface area contributed by atoms with E-state index in [1.807, 2.05) is 22.6 Å². The maximum absolute atomic E-state index is 13.8. The number of aromatic hydroxyl groups is 1. The molecule has 0 saturated heterocycles. The summed E-state index contributed by atoms with van der Waals surface area (Å²) >= 11 is 1.95. The number of fused-ring (bicyclic) bond motifs is 3. The van der Waals surface area contributed by atoms with Gasteiger partial charge in [0.05, 0.1) is 17.4 Å². The number of phenolic OH excluding ortho intramolecular Hbond substituents is 1. The summed E-state index contributed by atoms with van der Waals surface area (Å²) in [6.45, 7) is 0. The van der Waals surface area contributed by atoms with E-state index >= 15 is 0 Å². The van der Waals surface area contributed by atoms with Gasteiger partial charge in [-0.2, -0.15) is 0 Å². The number of nitrogens with two attached hydrogens (primary N) is 1. The number of hydrogen-bond acceptors (Lipinski definition) is 10. The molecule has 4 atom stereocenters. The third-order valence-corrected chi connectivity index (χ3v) is 8.96. The van der Waals surface area contributed by atoms with Gasteiger partial charge < -0.3 is 26.2 Å². The lowest BCUT2D eigenvalue weighted by Crippen LogP contribution is -2.65. The highest BCUT2D eigenvalue weighted by molar-refractivity contribution is 14.1. The Bertz CT molecular complexity index is 1410. The number of carbonyl (C=O) groups excluding carboxylic acids is 3. The Morgan fingerprint density at radius 1 is 1.24 bits per heavy atom. The molecule has 1 aromatic carbocycles. The van der Waals surface area contributed by atoms with Crippen LogP contribution in [-0.4, -0.2) is 83.2 Å². The highest BCUT2D eigenvalue weighted by Crippen LogP contribution is 2.53. The maximum atomic E-state index is 13.8. The van der Waals surface area contributed by atoms with Gasteiger partial charge in [0.2, 0.25) is 5.78 Å². The van der Waals surface area contributed by atoms with Crippen molar-refractivity contribution >= 4 is 55.7 Å². The number of phenols is 1. The molecule has 1 fully saturated rings. The van der Waals surface area contributed by atoms with Crippen molar-refractivity contribution in [1.29, 1.82) is 0 Å². The fourth-order valence-electron chi connectivity index (χ4n) is 5.71. The summed E-state index contributed by atoms with van der Waals surface area (Å²) in [6, 6.07) is 0.335. The number of halogens is 1. The summed E-state index contributed by atoms with van der Waals surface area (Å²) in [6.07, 6.45) is 1.11. The Morgan fingerprint density at radius 2 is 1.84 bits per heavy atom. The first-order valence-corrected chi connectivity index (χ1v) is 14.0. The molecule has 0 aromatic heterocycles. The van der Waals surface area contributed by atoms with Gasteiger partial charge in [-0.05, 0) is 67.1 Å². The first kappa shape index (κ1) is 29.1. The van der Waals surface area contributed by atoms with Crippen LogP contribution in [0, 0.1) is 15.4 Å². The summed E-state index contributed by atoms with van der Waals surface area (Å²) in [5, 5.41) is 44.5. The molecule has 3 aliphatic rings. The Balaban J connectivity index is 0.00000380. The van der Waals surface area contributed by atoms with Gasteiger partial charge in [0, 0.05) is 26.9 Å². The predicted octanol–water partition coefficient (Wildman–Crippen LogP) is 0.749. The van der Waals surface area contributed by atoms with Gasteiger partial charge in [-0.3, -0.25) is 19.3 Å². The number of carbonyl (C=O) groups is 3. The molecule has 0 unspecified atom stereocenters. The minimum absolute atomic E-state index is 0. The summed E-state index contributed by atoms with van der Waals surface area (Å²) in [7, 11) is -0.498. The quantitative estimate of drug-likeness (QED) is 0.230. The van der Waals surface area contributed by atoms with Crippen LogP contribution < -0.4 is 5.73 Å². The highest BCUT2D eigenvalue weighted by Gasteiger charge is 2.64. The van der Waals surface area contributed by atoms with Crippen LogP contribution >= 0.6 is 22.6 Å². The van der Waals surface area contributed by atoms with E-state index in [0.717, 1.165) is 6.26 Å². The zero-order valence-electron chi connectivity index (χ0n) is 19.6. The SMILES string of the molecule is C.CN(C)[C@@H]1C(=O)C(C(N)=O)=C(O)[C@@]2(O)C(=O)C3=C(O)c4c(O)c(CS(C)(=O)=O)cc(I)c4C[C@H]3C[C@@H]12. The lowest BCUT2D eigenvalue weighted by molar-refractivity contribution is -0.153. The monoisotopic (exact) mass is 648 g/mol. The zero-order chi connectivity index (χ0) is 27.1. The predicted molar refractivity (Wildman–Crippen MR) is 142 cm³/mol. The lowest BCUT2D eigenvalue weighted by Gasteiger charge is -2.50. The molecule has 13 heteroatoms. The summed E-state index contributed by atoms with van der Waals surface area (Å²) in [4.78, 5) is 40.3. The molecular weight excluding hydrogens is 619 g/mol. The van der Waals surface area contributed by atoms with E-state index in [0.29, 0.717) is 9.13 Å². The number of aliphatic hydroxyl groups excluding tert-OH is 2. The summed E-state index contributed by atoms with van der Waals surface area (Å²) in [5.74, 6) is -7.94. The van der Waals surface area contributed by atoms with Crippen LogP contribution in [0.25, 0.3) is 5.76 Å². The van der Waals surface area contributed by atoms with Crippen LogP contribution in [0.15, 0.2) is 23.0 Å². The number of nitrogens with zero attached hydrogens (tertiary/aromatic N) is 1. The van der Waals surface area contributed by atoms with E-state index in [4.69, 9.17) is 5.73 Å². The normalized spacial score (nSPS) is 27.5. The van der Waals surface area contributed by atoms with E-state index in [2.05, 4.69) is 0 Å². The van der Waals surface area contributed by atoms with Crippen LogP contribution in [0.4, 0.5) is 0 Å². The number of sulfone groups is 1. The van der Waals surface area contributed by atoms with Crippen molar-refractivity contribution in [2.45, 2.75) is 37.7 Å². The number of likely N-dealkylation sites (N-methyl/N-ethyl adjacent to an activating group) is 1. The minimum atomic E-state index is -3.55. The first-order valence-electron chi connectivity index (χ1n) is 10.9. The second kappa shape index (κ2) is 9.36. The average molecular weight is 648 g/mol. The minimum Gasteiger partial charge on any atom is -0.508 e. The smallest absolute Gasteiger partial charge is 0.255 e. The van der Waals surface area contributed by atoms with E-state index in [1.165, 1.54) is 25.1 Å². The molecule has 0 aliphatic heterocycles. The second-order valence-electron chi connectivity index (χ2n) is 9.75. The number of Topliss-reactive ketones (excluding diaryl/α,β-unsaturated/α-hetero) is 2. The number of primary amides is 1. The lowest BCUT2D eigenvalue weighted by atomic mass is 9.57. The molecule has 1 aromatic rings. The molecule has 202 valence electrons. The van der Waals surface area contributed by atoms with Gasteiger partial charge in [0.1, 0.15) is 22.8 Å². The number of hydrogen-bond donors (Lipinski definition) is 5. The topological polar surface area (TPSA) is 196 Å².